The maximum Gasteiger partial charge on any atom is 0.320 e. The number of phenols is 2. The summed E-state index contributed by atoms with van der Waals surface area (Å²) in [5, 5.41) is 25.7. The van der Waals surface area contributed by atoms with Gasteiger partial charge in [0, 0.05) is 15.6 Å². The minimum absolute atomic E-state index is 0.0238. The Morgan fingerprint density at radius 1 is 0.872 bits per heavy atom. The third kappa shape index (κ3) is 6.19. The summed E-state index contributed by atoms with van der Waals surface area (Å²) < 4.78 is 10.3. The molecule has 0 saturated heterocycles. The third-order valence-corrected chi connectivity index (χ3v) is 6.59. The largest absolute Gasteiger partial charge is 0.504 e. The smallest absolute Gasteiger partial charge is 0.320 e. The lowest BCUT2D eigenvalue weighted by Gasteiger charge is -2.29. The highest BCUT2D eigenvalue weighted by Crippen LogP contribution is 2.37. The first-order valence-electron chi connectivity index (χ1n) is 11.6. The number of hydrogen-bond donors (Lipinski definition) is 4. The number of nitrogens with one attached hydrogen (secondary N) is 2. The monoisotopic (exact) mass is 566 g/mol. The van der Waals surface area contributed by atoms with Crippen LogP contribution in [0.15, 0.2) is 78.0 Å². The first-order valence-corrected chi connectivity index (χ1v) is 12.4. The van der Waals surface area contributed by atoms with Gasteiger partial charge in [-0.25, -0.2) is 4.79 Å². The summed E-state index contributed by atoms with van der Waals surface area (Å²) in [5.41, 5.74) is 2.04. The van der Waals surface area contributed by atoms with Crippen LogP contribution in [0, 0.1) is 0 Å². The molecule has 200 valence electrons. The quantitative estimate of drug-likeness (QED) is 0.247. The Hall–Kier alpha value is -4.40. The number of methoxy groups -OCH3 is 2. The molecule has 1 heterocycles. The van der Waals surface area contributed by atoms with E-state index in [0.29, 0.717) is 16.7 Å². The number of aromatic hydroxyl groups is 2. The Balaban J connectivity index is 1.82. The Morgan fingerprint density at radius 3 is 2.00 bits per heavy atom. The number of carbonyl (C=O) groups excluding carboxylic acids is 2. The summed E-state index contributed by atoms with van der Waals surface area (Å²) in [6.07, 6.45) is 6.14. The van der Waals surface area contributed by atoms with Gasteiger partial charge >= 0.3 is 6.03 Å². The fourth-order valence-corrected chi connectivity index (χ4v) is 4.65. The topological polar surface area (TPSA) is 117 Å². The molecule has 8 nitrogen and oxygen atoms in total. The van der Waals surface area contributed by atoms with Gasteiger partial charge in [-0.2, -0.15) is 0 Å². The third-order valence-electron chi connectivity index (χ3n) is 5.93. The Kier molecular flexibility index (Phi) is 8.49. The number of amides is 2. The van der Waals surface area contributed by atoms with E-state index in [0.717, 1.165) is 0 Å². The highest BCUT2D eigenvalue weighted by molar-refractivity contribution is 6.36. The van der Waals surface area contributed by atoms with Gasteiger partial charge in [-0.3, -0.25) is 4.79 Å². The molecule has 4 rings (SSSR count). The lowest BCUT2D eigenvalue weighted by molar-refractivity contribution is -0.111. The lowest BCUT2D eigenvalue weighted by atomic mass is 9.91. The van der Waals surface area contributed by atoms with Crippen molar-refractivity contribution >= 4 is 47.2 Å². The van der Waals surface area contributed by atoms with Gasteiger partial charge in [0.15, 0.2) is 28.8 Å². The van der Waals surface area contributed by atoms with Crippen molar-refractivity contribution in [1.29, 1.82) is 0 Å². The second-order valence-corrected chi connectivity index (χ2v) is 9.20. The number of rotatable bonds is 8. The van der Waals surface area contributed by atoms with Crippen molar-refractivity contribution in [3.05, 3.63) is 105 Å². The van der Waals surface area contributed by atoms with Crippen LogP contribution in [-0.4, -0.2) is 36.2 Å². The first kappa shape index (κ1) is 27.6. The number of ether oxygens (including phenoxy) is 2. The molecule has 1 atom stereocenters. The molecule has 2 amide bonds. The van der Waals surface area contributed by atoms with Crippen molar-refractivity contribution in [2.75, 3.05) is 14.2 Å². The van der Waals surface area contributed by atoms with Crippen molar-refractivity contribution < 1.29 is 29.3 Å². The lowest BCUT2D eigenvalue weighted by Crippen LogP contribution is -2.45. The van der Waals surface area contributed by atoms with Crippen molar-refractivity contribution in [2.45, 2.75) is 6.04 Å². The number of hydrogen-bond acceptors (Lipinski definition) is 6. The van der Waals surface area contributed by atoms with Gasteiger partial charge in [0.2, 0.25) is 0 Å². The zero-order chi connectivity index (χ0) is 28.1. The molecule has 0 bridgehead atoms. The molecular formula is C29H24Cl2N2O6. The van der Waals surface area contributed by atoms with E-state index in [1.165, 1.54) is 32.4 Å². The van der Waals surface area contributed by atoms with Gasteiger partial charge < -0.3 is 30.3 Å². The van der Waals surface area contributed by atoms with Gasteiger partial charge in [0.1, 0.15) is 0 Å². The summed E-state index contributed by atoms with van der Waals surface area (Å²) >= 11 is 12.9. The van der Waals surface area contributed by atoms with Crippen LogP contribution in [0.1, 0.15) is 22.7 Å². The molecule has 39 heavy (non-hydrogen) atoms. The summed E-state index contributed by atoms with van der Waals surface area (Å²) in [6.45, 7) is 0. The molecule has 3 aromatic rings. The maximum atomic E-state index is 13.7. The molecule has 0 fully saturated rings. The summed E-state index contributed by atoms with van der Waals surface area (Å²) in [5.74, 6) is 0.0335. The molecule has 0 aromatic heterocycles. The van der Waals surface area contributed by atoms with E-state index in [9.17, 15) is 19.8 Å². The number of benzene rings is 3. The van der Waals surface area contributed by atoms with Gasteiger partial charge in [0.05, 0.1) is 31.5 Å². The fourth-order valence-electron chi connectivity index (χ4n) is 4.03. The Morgan fingerprint density at radius 2 is 1.44 bits per heavy atom. The van der Waals surface area contributed by atoms with Gasteiger partial charge in [0.25, 0.3) is 0 Å². The van der Waals surface area contributed by atoms with E-state index < -0.39 is 17.9 Å². The summed E-state index contributed by atoms with van der Waals surface area (Å²) in [6, 6.07) is 12.8. The zero-order valence-electron chi connectivity index (χ0n) is 20.9. The molecule has 1 unspecified atom stereocenters. The van der Waals surface area contributed by atoms with Crippen LogP contribution in [0.3, 0.4) is 0 Å². The molecule has 4 N–H and O–H groups in total. The van der Waals surface area contributed by atoms with Gasteiger partial charge in [-0.05, 0) is 59.7 Å². The van der Waals surface area contributed by atoms with Crippen molar-refractivity contribution in [3.63, 3.8) is 0 Å². The Labute approximate surface area is 234 Å². The highest BCUT2D eigenvalue weighted by atomic mass is 35.5. The summed E-state index contributed by atoms with van der Waals surface area (Å²) in [4.78, 5) is 26.4. The molecule has 0 saturated carbocycles. The molecule has 1 aliphatic heterocycles. The van der Waals surface area contributed by atoms with Crippen LogP contribution in [0.25, 0.3) is 12.2 Å². The number of carbonyl (C=O) groups is 2. The second-order valence-electron chi connectivity index (χ2n) is 8.39. The molecule has 10 heteroatoms. The summed E-state index contributed by atoms with van der Waals surface area (Å²) in [7, 11) is 2.86. The van der Waals surface area contributed by atoms with Gasteiger partial charge in [-0.15, -0.1) is 0 Å². The minimum Gasteiger partial charge on any atom is -0.504 e. The first-order chi connectivity index (χ1) is 18.7. The van der Waals surface area contributed by atoms with Crippen LogP contribution < -0.4 is 20.1 Å². The van der Waals surface area contributed by atoms with Crippen LogP contribution in [0.2, 0.25) is 10.0 Å². The predicted octanol–water partition coefficient (Wildman–Crippen LogP) is 6.03. The van der Waals surface area contributed by atoms with E-state index in [-0.39, 0.29) is 44.3 Å². The molecule has 0 aliphatic carbocycles. The molecular weight excluding hydrogens is 543 g/mol. The highest BCUT2D eigenvalue weighted by Gasteiger charge is 2.33. The number of allylic oxidation sites excluding steroid dienone is 2. The number of halogens is 2. The fraction of sp³-hybridized carbons (Fsp3) is 0.103. The molecule has 1 aliphatic rings. The van der Waals surface area contributed by atoms with Crippen molar-refractivity contribution in [3.8, 4) is 23.0 Å². The molecule has 3 aromatic carbocycles. The van der Waals surface area contributed by atoms with Crippen molar-refractivity contribution in [1.82, 2.24) is 10.6 Å². The van der Waals surface area contributed by atoms with Crippen LogP contribution >= 0.6 is 23.2 Å². The van der Waals surface area contributed by atoms with Crippen molar-refractivity contribution in [2.24, 2.45) is 0 Å². The van der Waals surface area contributed by atoms with E-state index >= 15 is 0 Å². The van der Waals surface area contributed by atoms with Crippen LogP contribution in [-0.2, 0) is 4.79 Å². The number of ketones is 1. The van der Waals surface area contributed by atoms with E-state index in [2.05, 4.69) is 10.6 Å². The normalized spacial score (nSPS) is 15.4. The van der Waals surface area contributed by atoms with Gasteiger partial charge in [-0.1, -0.05) is 53.6 Å². The average Bonchev–Trinajstić information content (AvgIpc) is 2.91. The van der Waals surface area contributed by atoms with E-state index in [4.69, 9.17) is 32.7 Å². The van der Waals surface area contributed by atoms with E-state index in [1.807, 2.05) is 0 Å². The number of urea groups is 1. The zero-order valence-corrected chi connectivity index (χ0v) is 22.4. The van der Waals surface area contributed by atoms with Crippen LogP contribution in [0.4, 0.5) is 4.79 Å². The Bertz CT molecular complexity index is 1510. The average molecular weight is 567 g/mol. The van der Waals surface area contributed by atoms with E-state index in [1.54, 1.807) is 60.7 Å². The minimum atomic E-state index is -0.958. The molecule has 0 spiro atoms. The SMILES string of the molecule is COc1cc(/C=C/C(=O)C2=C(/C=C/c3ccc(O)c(OC)c3)NC(=O)NC2c2c(Cl)cccc2Cl)ccc1O. The maximum absolute atomic E-state index is 13.7. The predicted molar refractivity (Wildman–Crippen MR) is 150 cm³/mol. The second kappa shape index (κ2) is 12.0. The molecule has 0 radical (unpaired) electrons. The standard InChI is InChI=1S/C29H24Cl2N2O6/c1-38-24-14-16(7-11-21(24)34)6-10-20-27(23(36)13-9-17-8-12-22(35)25(15-17)39-2)28(33-29(37)32-20)26-18(30)4-3-5-19(26)31/h3-15,28,34-35H,1-2H3,(H2,32,33,37)/b10-6+,13-9+. The number of phenolic OH excluding ortho intramolecular Hbond substituents is 2. The van der Waals surface area contributed by atoms with Crippen LogP contribution in [0.5, 0.6) is 23.0 Å².